The van der Waals surface area contributed by atoms with E-state index in [9.17, 15) is 4.79 Å². The van der Waals surface area contributed by atoms with E-state index in [0.717, 1.165) is 12.8 Å². The van der Waals surface area contributed by atoms with Gasteiger partial charge in [0.15, 0.2) is 8.32 Å². The van der Waals surface area contributed by atoms with Gasteiger partial charge in [-0.3, -0.25) is 0 Å². The number of carbonyl (C=O) groups is 1. The molecular formula is C18H37NO3Si. The van der Waals surface area contributed by atoms with Crippen LogP contribution in [0.3, 0.4) is 0 Å². The quantitative estimate of drug-likeness (QED) is 0.507. The lowest BCUT2D eigenvalue weighted by atomic mass is 10.1. The first-order valence-electron chi connectivity index (χ1n) is 8.58. The summed E-state index contributed by atoms with van der Waals surface area (Å²) in [7, 11) is -1.72. The third-order valence-corrected chi connectivity index (χ3v) is 8.52. The molecule has 0 saturated heterocycles. The van der Waals surface area contributed by atoms with Gasteiger partial charge in [-0.2, -0.15) is 0 Å². The first-order valence-corrected chi connectivity index (χ1v) is 11.5. The van der Waals surface area contributed by atoms with Crippen LogP contribution in [0.1, 0.15) is 61.3 Å². The molecule has 1 amide bonds. The molecule has 0 aliphatic carbocycles. The summed E-state index contributed by atoms with van der Waals surface area (Å²) in [5, 5.41) is 3.12. The summed E-state index contributed by atoms with van der Waals surface area (Å²) in [6.45, 7) is 19.5. The van der Waals surface area contributed by atoms with Crippen LogP contribution >= 0.6 is 0 Å². The molecular weight excluding hydrogens is 306 g/mol. The summed E-state index contributed by atoms with van der Waals surface area (Å²) in [5.74, 6) is 0. The molecule has 5 heteroatoms. The Labute approximate surface area is 144 Å². The summed E-state index contributed by atoms with van der Waals surface area (Å²) in [5.41, 5.74) is -0.476. The van der Waals surface area contributed by atoms with Crippen LogP contribution in [0.15, 0.2) is 12.2 Å². The van der Waals surface area contributed by atoms with Gasteiger partial charge in [0.2, 0.25) is 0 Å². The molecule has 0 aromatic rings. The minimum Gasteiger partial charge on any atom is -0.444 e. The Kier molecular flexibility index (Phi) is 8.56. The van der Waals surface area contributed by atoms with Crippen molar-refractivity contribution in [2.24, 2.45) is 0 Å². The number of carbonyl (C=O) groups excluding carboxylic acids is 1. The molecule has 0 aliphatic rings. The van der Waals surface area contributed by atoms with Crippen molar-refractivity contribution in [2.45, 2.75) is 91.1 Å². The lowest BCUT2D eigenvalue weighted by Crippen LogP contribution is -2.41. The topological polar surface area (TPSA) is 47.6 Å². The van der Waals surface area contributed by atoms with Crippen molar-refractivity contribution < 1.29 is 14.0 Å². The Balaban J connectivity index is 4.50. The second kappa shape index (κ2) is 8.88. The standard InChI is InChI=1S/C18H37NO3Si/c1-10-12-15(19-16(20)22-17(2,3)4)13-11-14-21-23(8,9)18(5,6)7/h11,13,15H,10,12,14H2,1-9H3,(H,19,20)/t15-/m0/s1. The van der Waals surface area contributed by atoms with Crippen molar-refractivity contribution in [1.29, 1.82) is 0 Å². The van der Waals surface area contributed by atoms with Crippen molar-refractivity contribution in [3.05, 3.63) is 12.2 Å². The predicted molar refractivity (Wildman–Crippen MR) is 100 cm³/mol. The van der Waals surface area contributed by atoms with Gasteiger partial charge in [-0.15, -0.1) is 0 Å². The molecule has 0 aromatic carbocycles. The summed E-state index contributed by atoms with van der Waals surface area (Å²) in [4.78, 5) is 11.9. The van der Waals surface area contributed by atoms with E-state index in [4.69, 9.17) is 9.16 Å². The van der Waals surface area contributed by atoms with Crippen LogP contribution in [0.5, 0.6) is 0 Å². The monoisotopic (exact) mass is 343 g/mol. The molecule has 0 heterocycles. The van der Waals surface area contributed by atoms with Gasteiger partial charge in [-0.05, 0) is 45.3 Å². The number of hydrogen-bond donors (Lipinski definition) is 1. The number of nitrogens with one attached hydrogen (secondary N) is 1. The summed E-state index contributed by atoms with van der Waals surface area (Å²) in [6, 6.07) is -0.0159. The van der Waals surface area contributed by atoms with Gasteiger partial charge in [0, 0.05) is 0 Å². The fraction of sp³-hybridized carbons (Fsp3) is 0.833. The maximum absolute atomic E-state index is 11.9. The number of amides is 1. The zero-order valence-electron chi connectivity index (χ0n) is 16.6. The smallest absolute Gasteiger partial charge is 0.408 e. The van der Waals surface area contributed by atoms with E-state index < -0.39 is 13.9 Å². The van der Waals surface area contributed by atoms with E-state index >= 15 is 0 Å². The first-order chi connectivity index (χ1) is 10.3. The van der Waals surface area contributed by atoms with E-state index in [1.54, 1.807) is 0 Å². The van der Waals surface area contributed by atoms with E-state index in [0.29, 0.717) is 6.61 Å². The van der Waals surface area contributed by atoms with Crippen molar-refractivity contribution >= 4 is 14.4 Å². The molecule has 0 radical (unpaired) electrons. The molecule has 0 bridgehead atoms. The van der Waals surface area contributed by atoms with Crippen LogP contribution < -0.4 is 5.32 Å². The molecule has 0 fully saturated rings. The molecule has 0 rings (SSSR count). The summed E-state index contributed by atoms with van der Waals surface area (Å²) < 4.78 is 11.4. The fourth-order valence-corrected chi connectivity index (χ4v) is 2.63. The summed E-state index contributed by atoms with van der Waals surface area (Å²) >= 11 is 0. The largest absolute Gasteiger partial charge is 0.444 e. The van der Waals surface area contributed by atoms with Crippen LogP contribution in [0.25, 0.3) is 0 Å². The highest BCUT2D eigenvalue weighted by Crippen LogP contribution is 2.36. The maximum atomic E-state index is 11.9. The van der Waals surface area contributed by atoms with Crippen LogP contribution in [-0.4, -0.2) is 32.7 Å². The van der Waals surface area contributed by atoms with Crippen LogP contribution in [-0.2, 0) is 9.16 Å². The van der Waals surface area contributed by atoms with Gasteiger partial charge < -0.3 is 14.5 Å². The molecule has 4 nitrogen and oxygen atoms in total. The Bertz CT molecular complexity index is 392. The zero-order valence-corrected chi connectivity index (χ0v) is 17.6. The predicted octanol–water partition coefficient (Wildman–Crippen LogP) is 5.26. The molecule has 0 spiro atoms. The highest BCUT2D eigenvalue weighted by Gasteiger charge is 2.36. The first kappa shape index (κ1) is 22.2. The highest BCUT2D eigenvalue weighted by atomic mass is 28.4. The zero-order chi connectivity index (χ0) is 18.3. The SMILES string of the molecule is CCC[C@@H](C=CCO[Si](C)(C)C(C)(C)C)NC(=O)OC(C)(C)C. The van der Waals surface area contributed by atoms with Gasteiger partial charge >= 0.3 is 6.09 Å². The molecule has 0 aliphatic heterocycles. The second-order valence-electron chi connectivity index (χ2n) is 8.54. The van der Waals surface area contributed by atoms with E-state index in [-0.39, 0.29) is 17.2 Å². The van der Waals surface area contributed by atoms with Gasteiger partial charge in [-0.25, -0.2) is 4.79 Å². The van der Waals surface area contributed by atoms with Gasteiger partial charge in [-0.1, -0.05) is 46.3 Å². The molecule has 136 valence electrons. The number of hydrogen-bond acceptors (Lipinski definition) is 3. The third-order valence-electron chi connectivity index (χ3n) is 4.02. The van der Waals surface area contributed by atoms with E-state index in [2.05, 4.69) is 46.1 Å². The van der Waals surface area contributed by atoms with E-state index in [1.165, 1.54) is 0 Å². The van der Waals surface area contributed by atoms with Crippen molar-refractivity contribution in [1.82, 2.24) is 5.32 Å². The lowest BCUT2D eigenvalue weighted by molar-refractivity contribution is 0.0512. The minimum absolute atomic E-state index is 0.0159. The minimum atomic E-state index is -1.72. The third kappa shape index (κ3) is 9.82. The van der Waals surface area contributed by atoms with Crippen LogP contribution in [0, 0.1) is 0 Å². The van der Waals surface area contributed by atoms with Crippen molar-refractivity contribution in [3.8, 4) is 0 Å². The maximum Gasteiger partial charge on any atom is 0.408 e. The Hall–Kier alpha value is -0.813. The van der Waals surface area contributed by atoms with E-state index in [1.807, 2.05) is 32.9 Å². The molecule has 0 aromatic heterocycles. The highest BCUT2D eigenvalue weighted by molar-refractivity contribution is 6.74. The lowest BCUT2D eigenvalue weighted by Gasteiger charge is -2.35. The Morgan fingerprint density at radius 2 is 1.74 bits per heavy atom. The Morgan fingerprint density at radius 1 is 1.17 bits per heavy atom. The van der Waals surface area contributed by atoms with Crippen LogP contribution in [0.2, 0.25) is 18.1 Å². The molecule has 0 saturated carbocycles. The molecule has 0 unspecified atom stereocenters. The van der Waals surface area contributed by atoms with Gasteiger partial charge in [0.1, 0.15) is 5.60 Å². The van der Waals surface area contributed by atoms with Crippen molar-refractivity contribution in [2.75, 3.05) is 6.61 Å². The fourth-order valence-electron chi connectivity index (χ4n) is 1.68. The number of ether oxygens (including phenoxy) is 1. The number of rotatable bonds is 7. The average molecular weight is 344 g/mol. The number of alkyl carbamates (subject to hydrolysis) is 1. The van der Waals surface area contributed by atoms with Gasteiger partial charge in [0.25, 0.3) is 0 Å². The second-order valence-corrected chi connectivity index (χ2v) is 13.4. The normalized spacial score (nSPS) is 14.8. The molecule has 23 heavy (non-hydrogen) atoms. The molecule has 1 N–H and O–H groups in total. The Morgan fingerprint density at radius 3 is 2.17 bits per heavy atom. The average Bonchev–Trinajstić information content (AvgIpc) is 2.30. The summed E-state index contributed by atoms with van der Waals surface area (Å²) in [6.07, 6.45) is 5.54. The van der Waals surface area contributed by atoms with Crippen molar-refractivity contribution in [3.63, 3.8) is 0 Å². The van der Waals surface area contributed by atoms with Crippen LogP contribution in [0.4, 0.5) is 4.79 Å². The molecule has 1 atom stereocenters. The van der Waals surface area contributed by atoms with Gasteiger partial charge in [0.05, 0.1) is 12.6 Å².